The summed E-state index contributed by atoms with van der Waals surface area (Å²) in [4.78, 5) is 37.0. The molecule has 7 heteroatoms. The Labute approximate surface area is 172 Å². The fraction of sp³-hybridized carbons (Fsp3) is 0.545. The second-order valence-electron chi connectivity index (χ2n) is 8.30. The molecular formula is C22H31N5O2. The monoisotopic (exact) mass is 397 g/mol. The van der Waals surface area contributed by atoms with Gasteiger partial charge in [0.2, 0.25) is 5.91 Å². The number of hydrogen-bond donors (Lipinski definition) is 3. The number of nitrogens with one attached hydrogen (secondary N) is 3. The van der Waals surface area contributed by atoms with Gasteiger partial charge in [-0.3, -0.25) is 14.6 Å². The van der Waals surface area contributed by atoms with Crippen LogP contribution in [0.5, 0.6) is 0 Å². The van der Waals surface area contributed by atoms with Crippen LogP contribution in [-0.4, -0.2) is 32.8 Å². The molecule has 1 fully saturated rings. The predicted octanol–water partition coefficient (Wildman–Crippen LogP) is 3.22. The normalized spacial score (nSPS) is 20.3. The van der Waals surface area contributed by atoms with Gasteiger partial charge in [-0.1, -0.05) is 19.9 Å². The molecule has 0 bridgehead atoms. The molecule has 29 heavy (non-hydrogen) atoms. The zero-order chi connectivity index (χ0) is 21.0. The molecular weight excluding hydrogens is 366 g/mol. The van der Waals surface area contributed by atoms with Gasteiger partial charge in [0.1, 0.15) is 11.5 Å². The van der Waals surface area contributed by atoms with Crippen LogP contribution in [0.2, 0.25) is 0 Å². The first-order chi connectivity index (χ1) is 13.8. The molecule has 2 amide bonds. The molecule has 1 aliphatic rings. The summed E-state index contributed by atoms with van der Waals surface area (Å²) in [5, 5.41) is 6.26. The van der Waals surface area contributed by atoms with E-state index in [9.17, 15) is 9.59 Å². The van der Waals surface area contributed by atoms with Gasteiger partial charge >= 0.3 is 0 Å². The average Bonchev–Trinajstić information content (AvgIpc) is 3.05. The van der Waals surface area contributed by atoms with Crippen LogP contribution in [-0.2, 0) is 4.79 Å². The lowest BCUT2D eigenvalue weighted by Crippen LogP contribution is -2.42. The highest BCUT2D eigenvalue weighted by Crippen LogP contribution is 2.27. The predicted molar refractivity (Wildman–Crippen MR) is 111 cm³/mol. The van der Waals surface area contributed by atoms with E-state index in [4.69, 9.17) is 0 Å². The molecule has 0 aromatic carbocycles. The lowest BCUT2D eigenvalue weighted by Gasteiger charge is -2.30. The van der Waals surface area contributed by atoms with Gasteiger partial charge in [0.25, 0.3) is 5.91 Å². The number of hydrogen-bond acceptors (Lipinski definition) is 4. The van der Waals surface area contributed by atoms with E-state index >= 15 is 0 Å². The van der Waals surface area contributed by atoms with Crippen molar-refractivity contribution in [3.05, 3.63) is 47.3 Å². The van der Waals surface area contributed by atoms with Crippen molar-refractivity contribution in [2.45, 2.75) is 65.5 Å². The van der Waals surface area contributed by atoms with Crippen molar-refractivity contribution in [1.82, 2.24) is 25.6 Å². The van der Waals surface area contributed by atoms with Gasteiger partial charge in [-0.2, -0.15) is 0 Å². The number of H-pyrrole nitrogens is 1. The third kappa shape index (κ3) is 5.22. The third-order valence-corrected chi connectivity index (χ3v) is 5.62. The van der Waals surface area contributed by atoms with E-state index in [1.807, 2.05) is 32.0 Å². The lowest BCUT2D eigenvalue weighted by atomic mass is 9.85. The van der Waals surface area contributed by atoms with Crippen molar-refractivity contribution in [1.29, 1.82) is 0 Å². The van der Waals surface area contributed by atoms with Crippen LogP contribution < -0.4 is 10.6 Å². The molecule has 7 nitrogen and oxygen atoms in total. The van der Waals surface area contributed by atoms with Crippen LogP contribution in [0.3, 0.4) is 0 Å². The quantitative estimate of drug-likeness (QED) is 0.697. The first-order valence-electron chi connectivity index (χ1n) is 10.4. The Morgan fingerprint density at radius 1 is 1.14 bits per heavy atom. The molecule has 3 rings (SSSR count). The molecule has 2 aromatic rings. The standard InChI is InChI=1S/C22H31N5O2/c1-13(2)19(18-7-5-6-12-23-18)27-21(28)16-8-10-17(11-9-16)26-22(29)20-14(3)24-15(4)25-20/h5-7,12-13,16-17,19H,8-11H2,1-4H3,(H,24,25)(H,26,29)(H,27,28). The highest BCUT2D eigenvalue weighted by atomic mass is 16.2. The summed E-state index contributed by atoms with van der Waals surface area (Å²) in [5.74, 6) is 0.904. The van der Waals surface area contributed by atoms with E-state index in [1.54, 1.807) is 6.20 Å². The van der Waals surface area contributed by atoms with Crippen LogP contribution >= 0.6 is 0 Å². The van der Waals surface area contributed by atoms with Gasteiger partial charge in [-0.25, -0.2) is 4.98 Å². The van der Waals surface area contributed by atoms with Gasteiger partial charge in [-0.15, -0.1) is 0 Å². The molecule has 1 atom stereocenters. The maximum Gasteiger partial charge on any atom is 0.271 e. The van der Waals surface area contributed by atoms with E-state index in [2.05, 4.69) is 39.4 Å². The summed E-state index contributed by atoms with van der Waals surface area (Å²) in [5.41, 5.74) is 2.13. The summed E-state index contributed by atoms with van der Waals surface area (Å²) in [6.45, 7) is 7.86. The van der Waals surface area contributed by atoms with Crippen LogP contribution in [0.15, 0.2) is 24.4 Å². The number of pyridine rings is 1. The summed E-state index contributed by atoms with van der Waals surface area (Å²) in [6.07, 6.45) is 4.88. The fourth-order valence-corrected chi connectivity index (χ4v) is 4.00. The zero-order valence-electron chi connectivity index (χ0n) is 17.7. The van der Waals surface area contributed by atoms with Crippen LogP contribution in [0, 0.1) is 25.7 Å². The van der Waals surface area contributed by atoms with Crippen LogP contribution in [0.25, 0.3) is 0 Å². The minimum Gasteiger partial charge on any atom is -0.348 e. The molecule has 156 valence electrons. The van der Waals surface area contributed by atoms with Gasteiger partial charge in [0.05, 0.1) is 11.7 Å². The van der Waals surface area contributed by atoms with E-state index in [0.29, 0.717) is 5.69 Å². The smallest absolute Gasteiger partial charge is 0.271 e. The van der Waals surface area contributed by atoms with Crippen molar-refractivity contribution < 1.29 is 9.59 Å². The largest absolute Gasteiger partial charge is 0.348 e. The maximum atomic E-state index is 12.8. The number of carbonyl (C=O) groups excluding carboxylic acids is 2. The number of rotatable bonds is 6. The van der Waals surface area contributed by atoms with Crippen molar-refractivity contribution >= 4 is 11.8 Å². The van der Waals surface area contributed by atoms with E-state index in [1.165, 1.54) is 0 Å². The van der Waals surface area contributed by atoms with Crippen LogP contribution in [0.1, 0.15) is 73.3 Å². The molecule has 2 heterocycles. The van der Waals surface area contributed by atoms with Gasteiger partial charge in [0.15, 0.2) is 0 Å². The molecule has 0 saturated heterocycles. The second kappa shape index (κ2) is 9.20. The first kappa shape index (κ1) is 21.0. The van der Waals surface area contributed by atoms with E-state index in [0.717, 1.165) is 42.9 Å². The molecule has 1 saturated carbocycles. The summed E-state index contributed by atoms with van der Waals surface area (Å²) < 4.78 is 0. The molecule has 0 spiro atoms. The van der Waals surface area contributed by atoms with Gasteiger partial charge < -0.3 is 15.6 Å². The van der Waals surface area contributed by atoms with Gasteiger partial charge in [-0.05, 0) is 57.6 Å². The Kier molecular flexibility index (Phi) is 6.67. The van der Waals surface area contributed by atoms with Crippen molar-refractivity contribution in [3.8, 4) is 0 Å². The zero-order valence-corrected chi connectivity index (χ0v) is 17.7. The Bertz CT molecular complexity index is 838. The topological polar surface area (TPSA) is 99.8 Å². The van der Waals surface area contributed by atoms with Crippen LogP contribution in [0.4, 0.5) is 0 Å². The number of imidazole rings is 1. The average molecular weight is 398 g/mol. The third-order valence-electron chi connectivity index (χ3n) is 5.62. The minimum atomic E-state index is -0.144. The fourth-order valence-electron chi connectivity index (χ4n) is 4.00. The number of aryl methyl sites for hydroxylation is 2. The molecule has 2 aromatic heterocycles. The minimum absolute atomic E-state index is 0.0255. The van der Waals surface area contributed by atoms with Crippen molar-refractivity contribution in [2.24, 2.45) is 11.8 Å². The molecule has 3 N–H and O–H groups in total. The summed E-state index contributed by atoms with van der Waals surface area (Å²) in [6, 6.07) is 5.77. The Balaban J connectivity index is 1.52. The highest BCUT2D eigenvalue weighted by Gasteiger charge is 2.30. The summed E-state index contributed by atoms with van der Waals surface area (Å²) >= 11 is 0. The molecule has 0 aliphatic heterocycles. The molecule has 1 unspecified atom stereocenters. The Morgan fingerprint density at radius 2 is 1.86 bits per heavy atom. The lowest BCUT2D eigenvalue weighted by molar-refractivity contribution is -0.127. The second-order valence-corrected chi connectivity index (χ2v) is 8.30. The highest BCUT2D eigenvalue weighted by molar-refractivity contribution is 5.93. The van der Waals surface area contributed by atoms with E-state index in [-0.39, 0.29) is 35.7 Å². The number of aromatic nitrogens is 3. The Hall–Kier alpha value is -2.70. The molecule has 0 radical (unpaired) electrons. The number of carbonyl (C=O) groups is 2. The van der Waals surface area contributed by atoms with Crippen molar-refractivity contribution in [3.63, 3.8) is 0 Å². The molecule has 1 aliphatic carbocycles. The van der Waals surface area contributed by atoms with E-state index < -0.39 is 0 Å². The van der Waals surface area contributed by atoms with Gasteiger partial charge in [0, 0.05) is 23.9 Å². The number of nitrogens with zero attached hydrogens (tertiary/aromatic N) is 2. The number of aromatic amines is 1. The first-order valence-corrected chi connectivity index (χ1v) is 10.4. The van der Waals surface area contributed by atoms with Crippen molar-refractivity contribution in [2.75, 3.05) is 0 Å². The maximum absolute atomic E-state index is 12.8. The SMILES string of the molecule is Cc1nc(C(=O)NC2CCC(C(=O)NC(c3ccccn3)C(C)C)CC2)c(C)[nH]1. The number of amides is 2. The summed E-state index contributed by atoms with van der Waals surface area (Å²) in [7, 11) is 0. The Morgan fingerprint density at radius 3 is 2.41 bits per heavy atom.